The molecule has 1 amide bonds. The number of anilines is 1. The fourth-order valence-corrected chi connectivity index (χ4v) is 3.14. The molecule has 33 heavy (non-hydrogen) atoms. The summed E-state index contributed by atoms with van der Waals surface area (Å²) in [6.07, 6.45) is 3.60. The summed E-state index contributed by atoms with van der Waals surface area (Å²) < 4.78 is 13.1. The fourth-order valence-electron chi connectivity index (χ4n) is 3.14. The maximum atomic E-state index is 12.9. The third-order valence-electron chi connectivity index (χ3n) is 4.79. The minimum absolute atomic E-state index is 0.0735. The molecule has 0 aliphatic carbocycles. The molecule has 0 saturated carbocycles. The quantitative estimate of drug-likeness (QED) is 0.353. The fraction of sp³-hybridized carbons (Fsp3) is 0.261. The number of hydrogen-bond donors (Lipinski definition) is 2. The minimum atomic E-state index is -1.03. The normalized spacial score (nSPS) is 11.9. The van der Waals surface area contributed by atoms with Crippen molar-refractivity contribution in [3.05, 3.63) is 72.3 Å². The van der Waals surface area contributed by atoms with Crippen molar-refractivity contribution in [1.29, 1.82) is 0 Å². The number of aliphatic hydroxyl groups is 1. The summed E-state index contributed by atoms with van der Waals surface area (Å²) in [5.41, 5.74) is 2.63. The van der Waals surface area contributed by atoms with Crippen LogP contribution in [0.15, 0.2) is 61.2 Å². The Hall–Kier alpha value is -3.89. The standard InChI is InChI=1S/C23H24N6O4/c1-16-7-8-20(24-11-16)28-22(31)19(14-32-10-9-30)33-23-18-12-27-29(21(18)25-15-26-23)13-17-5-3-2-4-6-17/h2-8,11-12,15,19,30H,9-10,13-14H2,1H3,(H,24,28,31)/t19-/m0/s1. The SMILES string of the molecule is Cc1ccc(NC(=O)[C@H](COCCO)Oc2ncnc3c2cnn3Cc2ccccc2)nc1. The molecule has 2 N–H and O–H groups in total. The zero-order valence-electron chi connectivity index (χ0n) is 18.1. The van der Waals surface area contributed by atoms with Crippen LogP contribution in [0, 0.1) is 6.92 Å². The highest BCUT2D eigenvalue weighted by Crippen LogP contribution is 2.23. The second kappa shape index (κ2) is 10.6. The Bertz CT molecular complexity index is 1200. The molecule has 0 spiro atoms. The van der Waals surface area contributed by atoms with Gasteiger partial charge in [0.15, 0.2) is 5.65 Å². The molecule has 170 valence electrons. The number of amides is 1. The number of carbonyl (C=O) groups excluding carboxylic acids is 1. The van der Waals surface area contributed by atoms with E-state index >= 15 is 0 Å². The van der Waals surface area contributed by atoms with Crippen LogP contribution < -0.4 is 10.1 Å². The van der Waals surface area contributed by atoms with E-state index in [4.69, 9.17) is 14.6 Å². The minimum Gasteiger partial charge on any atom is -0.461 e. The number of hydrogen-bond acceptors (Lipinski definition) is 8. The van der Waals surface area contributed by atoms with Crippen LogP contribution in [0.4, 0.5) is 5.82 Å². The molecule has 1 aromatic carbocycles. The molecule has 0 bridgehead atoms. The monoisotopic (exact) mass is 448 g/mol. The van der Waals surface area contributed by atoms with E-state index in [0.717, 1.165) is 11.1 Å². The lowest BCUT2D eigenvalue weighted by atomic mass is 10.2. The molecule has 0 fully saturated rings. The van der Waals surface area contributed by atoms with Gasteiger partial charge in [0.05, 0.1) is 32.6 Å². The summed E-state index contributed by atoms with van der Waals surface area (Å²) in [6, 6.07) is 13.4. The molecule has 0 unspecified atom stereocenters. The van der Waals surface area contributed by atoms with Crippen LogP contribution in [-0.2, 0) is 16.1 Å². The molecule has 10 heteroatoms. The van der Waals surface area contributed by atoms with Crippen molar-refractivity contribution in [1.82, 2.24) is 24.7 Å². The molecule has 4 aromatic rings. The van der Waals surface area contributed by atoms with Crippen molar-refractivity contribution in [3.63, 3.8) is 0 Å². The number of benzene rings is 1. The van der Waals surface area contributed by atoms with Crippen molar-refractivity contribution in [2.24, 2.45) is 0 Å². The van der Waals surface area contributed by atoms with Gasteiger partial charge in [0, 0.05) is 6.20 Å². The zero-order chi connectivity index (χ0) is 23.0. The average molecular weight is 448 g/mol. The third kappa shape index (κ3) is 5.68. The summed E-state index contributed by atoms with van der Waals surface area (Å²) in [5, 5.41) is 16.7. The van der Waals surface area contributed by atoms with Gasteiger partial charge in [0.25, 0.3) is 5.91 Å². The van der Waals surface area contributed by atoms with Gasteiger partial charge >= 0.3 is 0 Å². The molecule has 0 aliphatic rings. The van der Waals surface area contributed by atoms with Crippen molar-refractivity contribution >= 4 is 22.8 Å². The van der Waals surface area contributed by atoms with Crippen LogP contribution in [0.25, 0.3) is 11.0 Å². The van der Waals surface area contributed by atoms with E-state index in [1.807, 2.05) is 43.3 Å². The summed E-state index contributed by atoms with van der Waals surface area (Å²) >= 11 is 0. The number of carbonyl (C=O) groups is 1. The van der Waals surface area contributed by atoms with Gasteiger partial charge in [0.2, 0.25) is 12.0 Å². The highest BCUT2D eigenvalue weighted by atomic mass is 16.5. The number of fused-ring (bicyclic) bond motifs is 1. The smallest absolute Gasteiger partial charge is 0.269 e. The molecular weight excluding hydrogens is 424 g/mol. The van der Waals surface area contributed by atoms with E-state index in [-0.39, 0.29) is 25.7 Å². The van der Waals surface area contributed by atoms with Crippen molar-refractivity contribution in [3.8, 4) is 5.88 Å². The summed E-state index contributed by atoms with van der Waals surface area (Å²) in [5.74, 6) is 0.154. The second-order valence-corrected chi connectivity index (χ2v) is 7.32. The second-order valence-electron chi connectivity index (χ2n) is 7.32. The van der Waals surface area contributed by atoms with Crippen LogP contribution in [0.2, 0.25) is 0 Å². The third-order valence-corrected chi connectivity index (χ3v) is 4.79. The molecule has 0 aliphatic heterocycles. The number of pyridine rings is 1. The summed E-state index contributed by atoms with van der Waals surface area (Å²) in [6.45, 7) is 2.26. The zero-order valence-corrected chi connectivity index (χ0v) is 18.1. The maximum absolute atomic E-state index is 12.9. The van der Waals surface area contributed by atoms with Crippen LogP contribution >= 0.6 is 0 Å². The van der Waals surface area contributed by atoms with Gasteiger partial charge in [-0.25, -0.2) is 19.6 Å². The van der Waals surface area contributed by atoms with E-state index in [0.29, 0.717) is 23.4 Å². The Kier molecular flexibility index (Phi) is 7.18. The number of ether oxygens (including phenoxy) is 2. The lowest BCUT2D eigenvalue weighted by Gasteiger charge is -2.18. The maximum Gasteiger partial charge on any atom is 0.269 e. The van der Waals surface area contributed by atoms with Crippen LogP contribution in [0.5, 0.6) is 5.88 Å². The highest BCUT2D eigenvalue weighted by Gasteiger charge is 2.24. The molecule has 4 rings (SSSR count). The van der Waals surface area contributed by atoms with Gasteiger partial charge in [-0.2, -0.15) is 5.10 Å². The largest absolute Gasteiger partial charge is 0.461 e. The van der Waals surface area contributed by atoms with Gasteiger partial charge in [0.1, 0.15) is 17.5 Å². The van der Waals surface area contributed by atoms with E-state index in [1.165, 1.54) is 6.33 Å². The first kappa shape index (κ1) is 22.3. The van der Waals surface area contributed by atoms with E-state index in [9.17, 15) is 4.79 Å². The van der Waals surface area contributed by atoms with E-state index in [2.05, 4.69) is 25.4 Å². The Morgan fingerprint density at radius 3 is 2.73 bits per heavy atom. The summed E-state index contributed by atoms with van der Waals surface area (Å²) in [7, 11) is 0. The number of nitrogens with one attached hydrogen (secondary N) is 1. The van der Waals surface area contributed by atoms with E-state index in [1.54, 1.807) is 23.1 Å². The average Bonchev–Trinajstić information content (AvgIpc) is 3.24. The van der Waals surface area contributed by atoms with Crippen molar-refractivity contribution in [2.45, 2.75) is 19.6 Å². The number of aliphatic hydroxyl groups excluding tert-OH is 1. The first-order valence-corrected chi connectivity index (χ1v) is 10.4. The molecule has 1 atom stereocenters. The number of rotatable bonds is 10. The van der Waals surface area contributed by atoms with Gasteiger partial charge in [-0.15, -0.1) is 0 Å². The molecule has 3 heterocycles. The van der Waals surface area contributed by atoms with Gasteiger partial charge in [-0.05, 0) is 24.1 Å². The van der Waals surface area contributed by atoms with E-state index < -0.39 is 12.0 Å². The molecule has 0 saturated heterocycles. The highest BCUT2D eigenvalue weighted by molar-refractivity contribution is 5.94. The Morgan fingerprint density at radius 2 is 1.97 bits per heavy atom. The van der Waals surface area contributed by atoms with Gasteiger partial charge in [-0.3, -0.25) is 4.79 Å². The van der Waals surface area contributed by atoms with Crippen molar-refractivity contribution < 1.29 is 19.4 Å². The lowest BCUT2D eigenvalue weighted by Crippen LogP contribution is -2.37. The van der Waals surface area contributed by atoms with Crippen LogP contribution in [0.3, 0.4) is 0 Å². The van der Waals surface area contributed by atoms with Crippen molar-refractivity contribution in [2.75, 3.05) is 25.1 Å². The Morgan fingerprint density at radius 1 is 1.12 bits per heavy atom. The number of aryl methyl sites for hydroxylation is 1. The number of aromatic nitrogens is 5. The van der Waals surface area contributed by atoms with Crippen LogP contribution in [-0.4, -0.2) is 61.7 Å². The molecule has 3 aromatic heterocycles. The lowest BCUT2D eigenvalue weighted by molar-refractivity contribution is -0.125. The first-order valence-electron chi connectivity index (χ1n) is 10.4. The van der Waals surface area contributed by atoms with Crippen LogP contribution in [0.1, 0.15) is 11.1 Å². The topological polar surface area (TPSA) is 124 Å². The number of nitrogens with zero attached hydrogens (tertiary/aromatic N) is 5. The summed E-state index contributed by atoms with van der Waals surface area (Å²) in [4.78, 5) is 25.6. The molecule has 0 radical (unpaired) electrons. The van der Waals surface area contributed by atoms with Gasteiger partial charge < -0.3 is 19.9 Å². The first-order chi connectivity index (χ1) is 16.1. The van der Waals surface area contributed by atoms with Gasteiger partial charge in [-0.1, -0.05) is 36.4 Å². The predicted molar refractivity (Wildman–Crippen MR) is 121 cm³/mol. The molecular formula is C23H24N6O4. The predicted octanol–water partition coefficient (Wildman–Crippen LogP) is 1.97. The molecule has 10 nitrogen and oxygen atoms in total. The Balaban J connectivity index is 1.55. The Labute approximate surface area is 190 Å².